The van der Waals surface area contributed by atoms with Gasteiger partial charge in [-0.25, -0.2) is 0 Å². The fourth-order valence-corrected chi connectivity index (χ4v) is 3.91. The summed E-state index contributed by atoms with van der Waals surface area (Å²) in [7, 11) is 0. The summed E-state index contributed by atoms with van der Waals surface area (Å²) in [5.41, 5.74) is 2.19. The number of nitrogens with one attached hydrogen (secondary N) is 1. The minimum atomic E-state index is 0.0724. The number of hydrogen-bond donors (Lipinski definition) is 1. The van der Waals surface area contributed by atoms with Gasteiger partial charge in [-0.1, -0.05) is 48.5 Å². The Morgan fingerprint density at radius 3 is 2.07 bits per heavy atom. The lowest BCUT2D eigenvalue weighted by Gasteiger charge is -2.34. The van der Waals surface area contributed by atoms with Crippen LogP contribution < -0.4 is 5.32 Å². The van der Waals surface area contributed by atoms with E-state index in [1.807, 2.05) is 41.3 Å². The highest BCUT2D eigenvalue weighted by Crippen LogP contribution is 2.47. The maximum absolute atomic E-state index is 12.5. The average molecular weight is 377 g/mol. The molecule has 5 heteroatoms. The summed E-state index contributed by atoms with van der Waals surface area (Å²) >= 11 is 0. The van der Waals surface area contributed by atoms with Crippen LogP contribution in [0.4, 0.5) is 0 Å². The fourth-order valence-electron chi connectivity index (χ4n) is 3.91. The SMILES string of the molecule is O=C(CN1CCN(C(=O)c2ccccc2)CC1)NCC1(c2ccccc2)CC1. The number of carbonyl (C=O) groups excluding carboxylic acids is 2. The molecule has 2 aromatic carbocycles. The molecule has 1 N–H and O–H groups in total. The zero-order chi connectivity index (χ0) is 19.4. The van der Waals surface area contributed by atoms with E-state index in [1.165, 1.54) is 5.56 Å². The van der Waals surface area contributed by atoms with E-state index in [-0.39, 0.29) is 17.2 Å². The zero-order valence-electron chi connectivity index (χ0n) is 16.1. The lowest BCUT2D eigenvalue weighted by atomic mass is 9.96. The van der Waals surface area contributed by atoms with Gasteiger partial charge in [-0.3, -0.25) is 14.5 Å². The van der Waals surface area contributed by atoms with E-state index in [9.17, 15) is 9.59 Å². The second-order valence-electron chi connectivity index (χ2n) is 7.86. The molecule has 0 aromatic heterocycles. The summed E-state index contributed by atoms with van der Waals surface area (Å²) in [5.74, 6) is 0.147. The Kier molecular flexibility index (Phi) is 5.44. The highest BCUT2D eigenvalue weighted by Gasteiger charge is 2.44. The summed E-state index contributed by atoms with van der Waals surface area (Å²) in [4.78, 5) is 28.9. The van der Waals surface area contributed by atoms with Crippen LogP contribution in [0.5, 0.6) is 0 Å². The molecule has 4 rings (SSSR count). The Morgan fingerprint density at radius 2 is 1.46 bits per heavy atom. The van der Waals surface area contributed by atoms with Gasteiger partial charge in [-0.15, -0.1) is 0 Å². The van der Waals surface area contributed by atoms with Crippen LogP contribution in [0, 0.1) is 0 Å². The molecule has 1 saturated carbocycles. The number of nitrogens with zero attached hydrogens (tertiary/aromatic N) is 2. The van der Waals surface area contributed by atoms with E-state index in [0.717, 1.165) is 31.5 Å². The van der Waals surface area contributed by atoms with Crippen LogP contribution in [0.1, 0.15) is 28.8 Å². The van der Waals surface area contributed by atoms with Crippen LogP contribution in [0.2, 0.25) is 0 Å². The molecule has 0 unspecified atom stereocenters. The zero-order valence-corrected chi connectivity index (χ0v) is 16.1. The molecule has 28 heavy (non-hydrogen) atoms. The molecule has 1 aliphatic carbocycles. The molecule has 2 amide bonds. The van der Waals surface area contributed by atoms with Gasteiger partial charge >= 0.3 is 0 Å². The Hall–Kier alpha value is -2.66. The molecule has 0 bridgehead atoms. The van der Waals surface area contributed by atoms with Crippen molar-refractivity contribution in [3.05, 3.63) is 71.8 Å². The number of hydrogen-bond acceptors (Lipinski definition) is 3. The third kappa shape index (κ3) is 4.25. The molecule has 0 atom stereocenters. The van der Waals surface area contributed by atoms with Crippen molar-refractivity contribution in [1.82, 2.24) is 15.1 Å². The number of carbonyl (C=O) groups is 2. The maximum Gasteiger partial charge on any atom is 0.253 e. The molecule has 2 fully saturated rings. The quantitative estimate of drug-likeness (QED) is 0.840. The second kappa shape index (κ2) is 8.15. The van der Waals surface area contributed by atoms with Crippen LogP contribution in [-0.4, -0.2) is 60.9 Å². The minimum absolute atomic E-state index is 0.0724. The summed E-state index contributed by atoms with van der Waals surface area (Å²) in [6.07, 6.45) is 2.27. The first-order valence-electron chi connectivity index (χ1n) is 10.1. The van der Waals surface area contributed by atoms with Gasteiger partial charge in [-0.05, 0) is 30.5 Å². The highest BCUT2D eigenvalue weighted by molar-refractivity contribution is 5.94. The van der Waals surface area contributed by atoms with Crippen molar-refractivity contribution in [2.75, 3.05) is 39.3 Å². The highest BCUT2D eigenvalue weighted by atomic mass is 16.2. The van der Waals surface area contributed by atoms with Gasteiger partial charge in [0.15, 0.2) is 0 Å². The number of benzene rings is 2. The first kappa shape index (κ1) is 18.7. The molecule has 146 valence electrons. The Bertz CT molecular complexity index is 810. The van der Waals surface area contributed by atoms with Crippen molar-refractivity contribution in [2.45, 2.75) is 18.3 Å². The Labute approximate surface area is 166 Å². The summed E-state index contributed by atoms with van der Waals surface area (Å²) in [6, 6.07) is 19.8. The van der Waals surface area contributed by atoms with E-state index in [0.29, 0.717) is 26.2 Å². The fraction of sp³-hybridized carbons (Fsp3) is 0.391. The normalized spacial score (nSPS) is 18.5. The molecule has 0 spiro atoms. The Balaban J connectivity index is 1.22. The van der Waals surface area contributed by atoms with E-state index < -0.39 is 0 Å². The molecule has 2 aliphatic rings. The standard InChI is InChI=1S/C23H27N3O2/c27-21(24-18-23(11-12-23)20-9-5-2-6-10-20)17-25-13-15-26(16-14-25)22(28)19-7-3-1-4-8-19/h1-10H,11-18H2,(H,24,27). The molecular weight excluding hydrogens is 350 g/mol. The lowest BCUT2D eigenvalue weighted by Crippen LogP contribution is -2.51. The van der Waals surface area contributed by atoms with Gasteiger partial charge in [0.1, 0.15) is 0 Å². The van der Waals surface area contributed by atoms with Crippen molar-refractivity contribution < 1.29 is 9.59 Å². The van der Waals surface area contributed by atoms with Gasteiger partial charge < -0.3 is 10.2 Å². The molecule has 1 saturated heterocycles. The lowest BCUT2D eigenvalue weighted by molar-refractivity contribution is -0.122. The number of amides is 2. The van der Waals surface area contributed by atoms with E-state index in [4.69, 9.17) is 0 Å². The molecule has 1 heterocycles. The largest absolute Gasteiger partial charge is 0.354 e. The molecule has 1 aliphatic heterocycles. The van der Waals surface area contributed by atoms with E-state index in [1.54, 1.807) is 0 Å². The second-order valence-corrected chi connectivity index (χ2v) is 7.86. The molecule has 0 radical (unpaired) electrons. The molecule has 2 aromatic rings. The van der Waals surface area contributed by atoms with Gasteiger partial charge in [0, 0.05) is 43.7 Å². The average Bonchev–Trinajstić information content (AvgIpc) is 3.55. The monoisotopic (exact) mass is 377 g/mol. The van der Waals surface area contributed by atoms with Crippen LogP contribution in [0.25, 0.3) is 0 Å². The van der Waals surface area contributed by atoms with Gasteiger partial charge in [-0.2, -0.15) is 0 Å². The first-order valence-corrected chi connectivity index (χ1v) is 10.1. The van der Waals surface area contributed by atoms with Crippen molar-refractivity contribution in [3.8, 4) is 0 Å². The van der Waals surface area contributed by atoms with Crippen molar-refractivity contribution in [2.24, 2.45) is 0 Å². The van der Waals surface area contributed by atoms with Crippen molar-refractivity contribution >= 4 is 11.8 Å². The predicted molar refractivity (Wildman–Crippen MR) is 109 cm³/mol. The van der Waals surface area contributed by atoms with E-state index in [2.05, 4.69) is 34.5 Å². The topological polar surface area (TPSA) is 52.7 Å². The van der Waals surface area contributed by atoms with Crippen LogP contribution in [0.15, 0.2) is 60.7 Å². The third-order valence-corrected chi connectivity index (χ3v) is 5.91. The van der Waals surface area contributed by atoms with Crippen LogP contribution in [0.3, 0.4) is 0 Å². The Morgan fingerprint density at radius 1 is 0.857 bits per heavy atom. The summed E-state index contributed by atoms with van der Waals surface area (Å²) in [6.45, 7) is 3.90. The van der Waals surface area contributed by atoms with Gasteiger partial charge in [0.2, 0.25) is 5.91 Å². The van der Waals surface area contributed by atoms with Crippen molar-refractivity contribution in [3.63, 3.8) is 0 Å². The van der Waals surface area contributed by atoms with Gasteiger partial charge in [0.05, 0.1) is 6.54 Å². The van der Waals surface area contributed by atoms with Crippen LogP contribution in [-0.2, 0) is 10.2 Å². The van der Waals surface area contributed by atoms with Gasteiger partial charge in [0.25, 0.3) is 5.91 Å². The van der Waals surface area contributed by atoms with Crippen LogP contribution >= 0.6 is 0 Å². The number of rotatable bonds is 6. The van der Waals surface area contributed by atoms with E-state index >= 15 is 0 Å². The maximum atomic E-state index is 12.5. The van der Waals surface area contributed by atoms with Crippen molar-refractivity contribution in [1.29, 1.82) is 0 Å². The number of piperazine rings is 1. The third-order valence-electron chi connectivity index (χ3n) is 5.91. The summed E-state index contributed by atoms with van der Waals surface area (Å²) in [5, 5.41) is 3.13. The smallest absolute Gasteiger partial charge is 0.253 e. The molecular formula is C23H27N3O2. The molecule has 5 nitrogen and oxygen atoms in total. The first-order chi connectivity index (χ1) is 13.7. The summed E-state index contributed by atoms with van der Waals surface area (Å²) < 4.78 is 0. The minimum Gasteiger partial charge on any atom is -0.354 e. The predicted octanol–water partition coefficient (Wildman–Crippen LogP) is 2.29.